The van der Waals surface area contributed by atoms with Gasteiger partial charge in [-0.1, -0.05) is 31.9 Å². The van der Waals surface area contributed by atoms with Gasteiger partial charge in [0.15, 0.2) is 0 Å². The number of halogens is 2. The second-order valence-electron chi connectivity index (χ2n) is 7.27. The molecule has 4 aromatic rings. The van der Waals surface area contributed by atoms with Crippen molar-refractivity contribution in [3.8, 4) is 11.5 Å². The fourth-order valence-corrected chi connectivity index (χ4v) is 5.62. The van der Waals surface area contributed by atoms with Crippen LogP contribution < -0.4 is 14.2 Å². The first-order valence-corrected chi connectivity index (χ1v) is 14.6. The van der Waals surface area contributed by atoms with E-state index in [-0.39, 0.29) is 9.79 Å². The van der Waals surface area contributed by atoms with Crippen LogP contribution in [0.25, 0.3) is 0 Å². The zero-order valence-electron chi connectivity index (χ0n) is 17.9. The van der Waals surface area contributed by atoms with Gasteiger partial charge in [-0.05, 0) is 97.1 Å². The van der Waals surface area contributed by atoms with Crippen LogP contribution >= 0.6 is 31.9 Å². The van der Waals surface area contributed by atoms with E-state index in [1.54, 1.807) is 72.8 Å². The van der Waals surface area contributed by atoms with E-state index >= 15 is 0 Å². The number of sulfonamides is 2. The highest BCUT2D eigenvalue weighted by molar-refractivity contribution is 9.10. The Hall–Kier alpha value is -2.86. The molecule has 0 atom stereocenters. The molecule has 0 unspecified atom stereocenters. The molecule has 11 heteroatoms. The topological polar surface area (TPSA) is 102 Å². The zero-order valence-corrected chi connectivity index (χ0v) is 22.7. The molecular weight excluding hydrogens is 620 g/mol. The number of hydrogen-bond acceptors (Lipinski definition) is 5. The van der Waals surface area contributed by atoms with E-state index in [9.17, 15) is 16.8 Å². The third-order valence-electron chi connectivity index (χ3n) is 4.70. The van der Waals surface area contributed by atoms with E-state index < -0.39 is 20.0 Å². The van der Waals surface area contributed by atoms with Crippen LogP contribution in [0.5, 0.6) is 11.5 Å². The van der Waals surface area contributed by atoms with Crippen molar-refractivity contribution in [2.45, 2.75) is 9.79 Å². The third kappa shape index (κ3) is 6.63. The normalized spacial score (nSPS) is 11.6. The van der Waals surface area contributed by atoms with E-state index in [0.717, 1.165) is 8.95 Å². The summed E-state index contributed by atoms with van der Waals surface area (Å²) in [6.07, 6.45) is 0. The van der Waals surface area contributed by atoms with Gasteiger partial charge in [-0.15, -0.1) is 0 Å². The molecular formula is C24H18Br2N2O5S2. The SMILES string of the molecule is O=S(=O)(Nc1ccc(Oc2ccc(NS(=O)(=O)c3ccc(Br)cc3)cc2)cc1)c1ccc(Br)cc1. The van der Waals surface area contributed by atoms with Gasteiger partial charge < -0.3 is 4.74 Å². The van der Waals surface area contributed by atoms with Gasteiger partial charge in [-0.2, -0.15) is 0 Å². The molecule has 0 saturated carbocycles. The molecule has 0 radical (unpaired) electrons. The van der Waals surface area contributed by atoms with Crippen molar-refractivity contribution in [2.24, 2.45) is 0 Å². The summed E-state index contributed by atoms with van der Waals surface area (Å²) in [5.74, 6) is 0.972. The molecule has 0 spiro atoms. The van der Waals surface area contributed by atoms with Crippen LogP contribution in [0.4, 0.5) is 11.4 Å². The van der Waals surface area contributed by atoms with E-state index in [0.29, 0.717) is 22.9 Å². The minimum Gasteiger partial charge on any atom is -0.457 e. The molecule has 0 saturated heterocycles. The molecule has 0 amide bonds. The van der Waals surface area contributed by atoms with E-state index in [2.05, 4.69) is 41.3 Å². The molecule has 0 fully saturated rings. The fourth-order valence-electron chi connectivity index (χ4n) is 2.97. The second-order valence-corrected chi connectivity index (χ2v) is 12.5. The average molecular weight is 638 g/mol. The molecule has 180 valence electrons. The van der Waals surface area contributed by atoms with Crippen molar-refractivity contribution in [3.05, 3.63) is 106 Å². The summed E-state index contributed by atoms with van der Waals surface area (Å²) in [6.45, 7) is 0. The number of ether oxygens (including phenoxy) is 1. The highest BCUT2D eigenvalue weighted by Crippen LogP contribution is 2.27. The van der Waals surface area contributed by atoms with Crippen LogP contribution in [0.3, 0.4) is 0 Å². The number of rotatable bonds is 8. The van der Waals surface area contributed by atoms with Crippen molar-refractivity contribution < 1.29 is 21.6 Å². The smallest absolute Gasteiger partial charge is 0.261 e. The maximum absolute atomic E-state index is 12.5. The Morgan fingerprint density at radius 1 is 0.486 bits per heavy atom. The Kier molecular flexibility index (Phi) is 7.50. The first-order chi connectivity index (χ1) is 16.6. The fraction of sp³-hybridized carbons (Fsp3) is 0. The summed E-state index contributed by atoms with van der Waals surface area (Å²) in [5.41, 5.74) is 0.774. The van der Waals surface area contributed by atoms with Crippen molar-refractivity contribution in [1.82, 2.24) is 0 Å². The Balaban J connectivity index is 1.39. The van der Waals surface area contributed by atoms with Crippen LogP contribution in [-0.4, -0.2) is 16.8 Å². The molecule has 4 aromatic carbocycles. The third-order valence-corrected chi connectivity index (χ3v) is 8.55. The molecule has 35 heavy (non-hydrogen) atoms. The van der Waals surface area contributed by atoms with Gasteiger partial charge in [0.1, 0.15) is 11.5 Å². The Morgan fingerprint density at radius 2 is 0.800 bits per heavy atom. The number of benzene rings is 4. The second kappa shape index (κ2) is 10.4. The van der Waals surface area contributed by atoms with Crippen LogP contribution in [0, 0.1) is 0 Å². The van der Waals surface area contributed by atoms with Gasteiger partial charge in [-0.3, -0.25) is 9.44 Å². The summed E-state index contributed by atoms with van der Waals surface area (Å²) in [5, 5.41) is 0. The number of nitrogens with one attached hydrogen (secondary N) is 2. The van der Waals surface area contributed by atoms with Gasteiger partial charge in [-0.25, -0.2) is 16.8 Å². The minimum atomic E-state index is -3.71. The van der Waals surface area contributed by atoms with Gasteiger partial charge in [0.25, 0.3) is 20.0 Å². The lowest BCUT2D eigenvalue weighted by atomic mass is 10.3. The molecule has 0 aromatic heterocycles. The van der Waals surface area contributed by atoms with Gasteiger partial charge in [0, 0.05) is 20.3 Å². The van der Waals surface area contributed by atoms with Crippen LogP contribution in [0.15, 0.2) is 116 Å². The molecule has 0 aliphatic rings. The molecule has 0 heterocycles. The summed E-state index contributed by atoms with van der Waals surface area (Å²) in [6, 6.07) is 25.5. The lowest BCUT2D eigenvalue weighted by Gasteiger charge is -2.11. The first-order valence-electron chi connectivity index (χ1n) is 10.1. The monoisotopic (exact) mass is 636 g/mol. The van der Waals surface area contributed by atoms with Gasteiger partial charge in [0.05, 0.1) is 9.79 Å². The van der Waals surface area contributed by atoms with Crippen LogP contribution in [0.1, 0.15) is 0 Å². The van der Waals surface area contributed by atoms with Crippen molar-refractivity contribution in [3.63, 3.8) is 0 Å². The Morgan fingerprint density at radius 3 is 1.11 bits per heavy atom. The van der Waals surface area contributed by atoms with Crippen molar-refractivity contribution in [1.29, 1.82) is 0 Å². The van der Waals surface area contributed by atoms with Crippen LogP contribution in [0.2, 0.25) is 0 Å². The molecule has 2 N–H and O–H groups in total. The Labute approximate surface area is 220 Å². The average Bonchev–Trinajstić information content (AvgIpc) is 2.82. The summed E-state index contributed by atoms with van der Waals surface area (Å²) in [7, 11) is -7.43. The highest BCUT2D eigenvalue weighted by atomic mass is 79.9. The predicted molar refractivity (Wildman–Crippen MR) is 143 cm³/mol. The van der Waals surface area contributed by atoms with Crippen LogP contribution in [-0.2, 0) is 20.0 Å². The maximum atomic E-state index is 12.5. The number of hydrogen-bond donors (Lipinski definition) is 2. The minimum absolute atomic E-state index is 0.150. The molecule has 4 rings (SSSR count). The molecule has 0 bridgehead atoms. The zero-order chi connectivity index (χ0) is 25.1. The van der Waals surface area contributed by atoms with Gasteiger partial charge >= 0.3 is 0 Å². The highest BCUT2D eigenvalue weighted by Gasteiger charge is 2.15. The summed E-state index contributed by atoms with van der Waals surface area (Å²) >= 11 is 6.56. The van der Waals surface area contributed by atoms with Crippen molar-refractivity contribution >= 4 is 63.3 Å². The lowest BCUT2D eigenvalue weighted by Crippen LogP contribution is -2.12. The number of anilines is 2. The molecule has 7 nitrogen and oxygen atoms in total. The standard InChI is InChI=1S/C24H18Br2N2O5S2/c25-17-1-13-23(14-2-17)34(29,30)27-19-5-9-21(10-6-19)33-22-11-7-20(8-12-22)28-35(31,32)24-15-3-18(26)4-16-24/h1-16,27-28H. The predicted octanol–water partition coefficient (Wildman–Crippen LogP) is 6.61. The van der Waals surface area contributed by atoms with Gasteiger partial charge in [0.2, 0.25) is 0 Å². The van der Waals surface area contributed by atoms with Crippen molar-refractivity contribution in [2.75, 3.05) is 9.44 Å². The van der Waals surface area contributed by atoms with E-state index in [4.69, 9.17) is 4.74 Å². The summed E-state index contributed by atoms with van der Waals surface area (Å²) in [4.78, 5) is 0.300. The van der Waals surface area contributed by atoms with E-state index in [1.807, 2.05) is 0 Å². The van der Waals surface area contributed by atoms with E-state index in [1.165, 1.54) is 24.3 Å². The lowest BCUT2D eigenvalue weighted by molar-refractivity contribution is 0.483. The Bertz CT molecular complexity index is 1410. The summed E-state index contributed by atoms with van der Waals surface area (Å²) < 4.78 is 62.5. The maximum Gasteiger partial charge on any atom is 0.261 e. The quantitative estimate of drug-likeness (QED) is 0.227. The largest absolute Gasteiger partial charge is 0.457 e. The molecule has 0 aliphatic carbocycles. The molecule has 0 aliphatic heterocycles. The first kappa shape index (κ1) is 25.2.